The first-order valence-corrected chi connectivity index (χ1v) is 10.8. The van der Waals surface area contributed by atoms with Crippen LogP contribution in [-0.2, 0) is 15.6 Å². The number of nitrogens with zero attached hydrogens (tertiary/aromatic N) is 1. The quantitative estimate of drug-likeness (QED) is 0.678. The number of nitrogen functional groups attached to an aromatic ring is 1. The highest BCUT2D eigenvalue weighted by atomic mass is 28.4. The summed E-state index contributed by atoms with van der Waals surface area (Å²) in [4.78, 5) is 14.3. The van der Waals surface area contributed by atoms with Crippen molar-refractivity contribution in [1.29, 1.82) is 0 Å². The lowest BCUT2D eigenvalue weighted by atomic mass is 9.99. The third kappa shape index (κ3) is 3.06. The van der Waals surface area contributed by atoms with Gasteiger partial charge in [0.05, 0.1) is 5.69 Å². The highest BCUT2D eigenvalue weighted by Crippen LogP contribution is 2.39. The molecule has 0 saturated heterocycles. The molecule has 4 nitrogen and oxygen atoms in total. The van der Waals surface area contributed by atoms with E-state index in [1.807, 2.05) is 25.1 Å². The Kier molecular flexibility index (Phi) is 4.41. The minimum absolute atomic E-state index is 0.110. The Morgan fingerprint density at radius 2 is 1.91 bits per heavy atom. The van der Waals surface area contributed by atoms with Crippen molar-refractivity contribution in [1.82, 2.24) is 0 Å². The van der Waals surface area contributed by atoms with Crippen LogP contribution >= 0.6 is 0 Å². The SMILES string of the molecule is CC(O[Si](C)(C)C(C)(C)C)N1C(=O)CCc2c(N)cccc21. The van der Waals surface area contributed by atoms with E-state index < -0.39 is 8.32 Å². The lowest BCUT2D eigenvalue weighted by Gasteiger charge is -2.43. The molecule has 5 heteroatoms. The first kappa shape index (κ1) is 17.0. The molecule has 1 aliphatic heterocycles. The summed E-state index contributed by atoms with van der Waals surface area (Å²) in [5.74, 6) is 0.115. The first-order chi connectivity index (χ1) is 10.0. The van der Waals surface area contributed by atoms with Gasteiger partial charge in [-0.3, -0.25) is 9.69 Å². The van der Waals surface area contributed by atoms with Crippen LogP contribution in [0.25, 0.3) is 0 Å². The molecular formula is C17H28N2O2Si. The lowest BCUT2D eigenvalue weighted by Crippen LogP contribution is -2.51. The minimum Gasteiger partial charge on any atom is -0.398 e. The normalized spacial score (nSPS) is 17.4. The van der Waals surface area contributed by atoms with Crippen molar-refractivity contribution in [3.63, 3.8) is 0 Å². The molecule has 0 bridgehead atoms. The molecule has 2 N–H and O–H groups in total. The van der Waals surface area contributed by atoms with Gasteiger partial charge in [0.25, 0.3) is 0 Å². The lowest BCUT2D eigenvalue weighted by molar-refractivity contribution is -0.120. The molecule has 1 unspecified atom stereocenters. The van der Waals surface area contributed by atoms with Gasteiger partial charge in [0.15, 0.2) is 8.32 Å². The van der Waals surface area contributed by atoms with E-state index in [0.29, 0.717) is 12.8 Å². The number of fused-ring (bicyclic) bond motifs is 1. The smallest absolute Gasteiger partial charge is 0.229 e. The van der Waals surface area contributed by atoms with Crippen molar-refractivity contribution in [3.8, 4) is 0 Å². The Bertz CT molecular complexity index is 579. The maximum atomic E-state index is 12.5. The fraction of sp³-hybridized carbons (Fsp3) is 0.588. The van der Waals surface area contributed by atoms with Crippen LogP contribution in [0.3, 0.4) is 0 Å². The van der Waals surface area contributed by atoms with E-state index in [9.17, 15) is 4.79 Å². The van der Waals surface area contributed by atoms with Gasteiger partial charge in [-0.15, -0.1) is 0 Å². The van der Waals surface area contributed by atoms with Crippen LogP contribution in [-0.4, -0.2) is 20.5 Å². The molecule has 122 valence electrons. The number of benzene rings is 1. The summed E-state index contributed by atoms with van der Waals surface area (Å²) in [5, 5.41) is 0.110. The number of rotatable bonds is 3. The fourth-order valence-corrected chi connectivity index (χ4v) is 3.94. The van der Waals surface area contributed by atoms with E-state index in [2.05, 4.69) is 33.9 Å². The number of carbonyl (C=O) groups is 1. The molecule has 2 rings (SSSR count). The summed E-state index contributed by atoms with van der Waals surface area (Å²) in [6.07, 6.45) is 0.936. The van der Waals surface area contributed by atoms with Crippen LogP contribution < -0.4 is 10.6 Å². The Labute approximate surface area is 134 Å². The van der Waals surface area contributed by atoms with E-state index in [0.717, 1.165) is 16.9 Å². The van der Waals surface area contributed by atoms with E-state index >= 15 is 0 Å². The van der Waals surface area contributed by atoms with Gasteiger partial charge in [-0.05, 0) is 49.2 Å². The predicted molar refractivity (Wildman–Crippen MR) is 94.4 cm³/mol. The first-order valence-electron chi connectivity index (χ1n) is 7.92. The second-order valence-electron chi connectivity index (χ2n) is 7.59. The number of hydrogen-bond acceptors (Lipinski definition) is 3. The summed E-state index contributed by atoms with van der Waals surface area (Å²) < 4.78 is 6.41. The van der Waals surface area contributed by atoms with Gasteiger partial charge in [0.2, 0.25) is 5.91 Å². The van der Waals surface area contributed by atoms with Gasteiger partial charge in [0, 0.05) is 12.1 Å². The van der Waals surface area contributed by atoms with E-state index in [1.165, 1.54) is 0 Å². The van der Waals surface area contributed by atoms with E-state index in [-0.39, 0.29) is 17.2 Å². The molecular weight excluding hydrogens is 292 g/mol. The molecule has 0 fully saturated rings. The van der Waals surface area contributed by atoms with Gasteiger partial charge in [-0.25, -0.2) is 0 Å². The predicted octanol–water partition coefficient (Wildman–Crippen LogP) is 3.92. The maximum Gasteiger partial charge on any atom is 0.229 e. The molecule has 0 saturated carbocycles. The average molecular weight is 321 g/mol. The summed E-state index contributed by atoms with van der Waals surface area (Å²) in [6.45, 7) is 13.0. The average Bonchev–Trinajstić information content (AvgIpc) is 2.36. The zero-order chi connectivity index (χ0) is 16.7. The van der Waals surface area contributed by atoms with Crippen LogP contribution in [0.5, 0.6) is 0 Å². The van der Waals surface area contributed by atoms with E-state index in [1.54, 1.807) is 4.90 Å². The monoisotopic (exact) mass is 320 g/mol. The topological polar surface area (TPSA) is 55.6 Å². The summed E-state index contributed by atoms with van der Waals surface area (Å²) in [5.41, 5.74) is 8.80. The molecule has 1 aromatic carbocycles. The van der Waals surface area contributed by atoms with Crippen molar-refractivity contribution in [2.45, 2.75) is 64.9 Å². The highest BCUT2D eigenvalue weighted by molar-refractivity contribution is 6.74. The summed E-state index contributed by atoms with van der Waals surface area (Å²) in [7, 11) is -1.94. The molecule has 1 atom stereocenters. The van der Waals surface area contributed by atoms with Crippen molar-refractivity contribution < 1.29 is 9.22 Å². The zero-order valence-electron chi connectivity index (χ0n) is 14.6. The van der Waals surface area contributed by atoms with Crippen molar-refractivity contribution in [2.24, 2.45) is 0 Å². The third-order valence-electron chi connectivity index (χ3n) is 4.94. The number of nitrogens with two attached hydrogens (primary N) is 1. The maximum absolute atomic E-state index is 12.5. The van der Waals surface area contributed by atoms with Crippen molar-refractivity contribution in [3.05, 3.63) is 23.8 Å². The second-order valence-corrected chi connectivity index (χ2v) is 12.3. The molecule has 0 aliphatic carbocycles. The van der Waals surface area contributed by atoms with Crippen LogP contribution in [0.2, 0.25) is 18.1 Å². The molecule has 22 heavy (non-hydrogen) atoms. The van der Waals surface area contributed by atoms with Crippen molar-refractivity contribution >= 4 is 25.6 Å². The number of hydrogen-bond donors (Lipinski definition) is 1. The highest BCUT2D eigenvalue weighted by Gasteiger charge is 2.41. The van der Waals surface area contributed by atoms with Gasteiger partial charge < -0.3 is 10.2 Å². The van der Waals surface area contributed by atoms with Crippen LogP contribution in [0.15, 0.2) is 18.2 Å². The van der Waals surface area contributed by atoms with E-state index in [4.69, 9.17) is 10.2 Å². The molecule has 1 amide bonds. The van der Waals surface area contributed by atoms with Gasteiger partial charge in [-0.2, -0.15) is 0 Å². The number of amides is 1. The van der Waals surface area contributed by atoms with Gasteiger partial charge in [0.1, 0.15) is 6.23 Å². The third-order valence-corrected chi connectivity index (χ3v) is 9.48. The minimum atomic E-state index is -1.94. The van der Waals surface area contributed by atoms with Gasteiger partial charge >= 0.3 is 0 Å². The van der Waals surface area contributed by atoms with Crippen LogP contribution in [0.1, 0.15) is 39.7 Å². The summed E-state index contributed by atoms with van der Waals surface area (Å²) in [6, 6.07) is 5.76. The fourth-order valence-electron chi connectivity index (χ4n) is 2.63. The van der Waals surface area contributed by atoms with Crippen LogP contribution in [0.4, 0.5) is 11.4 Å². The Balaban J connectivity index is 2.33. The number of carbonyl (C=O) groups excluding carboxylic acids is 1. The molecule has 0 radical (unpaired) electrons. The Morgan fingerprint density at radius 3 is 2.50 bits per heavy atom. The molecule has 1 aliphatic rings. The Morgan fingerprint density at radius 1 is 1.27 bits per heavy atom. The zero-order valence-corrected chi connectivity index (χ0v) is 15.6. The summed E-state index contributed by atoms with van der Waals surface area (Å²) >= 11 is 0. The largest absolute Gasteiger partial charge is 0.398 e. The molecule has 0 aromatic heterocycles. The molecule has 0 spiro atoms. The van der Waals surface area contributed by atoms with Crippen LogP contribution in [0, 0.1) is 0 Å². The molecule has 1 aromatic rings. The standard InChI is InChI=1S/C17H28N2O2Si/c1-12(21-22(5,6)17(2,3)4)19-15-9-7-8-14(18)13(15)10-11-16(19)20/h7-9,12H,10-11,18H2,1-6H3. The van der Waals surface area contributed by atoms with Gasteiger partial charge in [-0.1, -0.05) is 26.8 Å². The second kappa shape index (κ2) is 5.70. The van der Waals surface area contributed by atoms with Crippen molar-refractivity contribution in [2.75, 3.05) is 10.6 Å². The molecule has 1 heterocycles. The number of anilines is 2. The Hall–Kier alpha value is -1.33.